The second-order valence-corrected chi connectivity index (χ2v) is 5.51. The van der Waals surface area contributed by atoms with E-state index in [0.717, 1.165) is 25.3 Å². The highest BCUT2D eigenvalue weighted by molar-refractivity contribution is 7.99. The molecule has 0 spiro atoms. The van der Waals surface area contributed by atoms with Crippen LogP contribution in [0.1, 0.15) is 18.1 Å². The van der Waals surface area contributed by atoms with Crippen LogP contribution >= 0.6 is 11.8 Å². The zero-order valence-corrected chi connectivity index (χ0v) is 12.9. The third-order valence-corrected chi connectivity index (χ3v) is 3.54. The molecule has 0 radical (unpaired) electrons. The number of rotatable bonds is 6. The third kappa shape index (κ3) is 5.22. The van der Waals surface area contributed by atoms with Crippen LogP contribution in [0.15, 0.2) is 29.8 Å². The fourth-order valence-electron chi connectivity index (χ4n) is 1.61. The largest absolute Gasteiger partial charge is 0.465 e. The molecule has 0 aliphatic rings. The maximum atomic E-state index is 12.7. The standard InChI is InChI=1S/C15H15F3O3S/c1-3-22-9-13(19)12(14(20)21-2)8-10-5-4-6-11(7-10)15(16,17)18/h4-8H,3,9H2,1-2H3. The second-order valence-electron chi connectivity index (χ2n) is 4.23. The van der Waals surface area contributed by atoms with Crippen molar-refractivity contribution in [2.45, 2.75) is 13.1 Å². The molecule has 0 atom stereocenters. The van der Waals surface area contributed by atoms with E-state index in [1.165, 1.54) is 23.9 Å². The molecular formula is C15H15F3O3S. The summed E-state index contributed by atoms with van der Waals surface area (Å²) in [6.45, 7) is 1.85. The Morgan fingerprint density at radius 1 is 1.32 bits per heavy atom. The highest BCUT2D eigenvalue weighted by Crippen LogP contribution is 2.30. The van der Waals surface area contributed by atoms with E-state index in [1.54, 1.807) is 0 Å². The summed E-state index contributed by atoms with van der Waals surface area (Å²) in [7, 11) is 1.11. The molecule has 1 aromatic rings. The van der Waals surface area contributed by atoms with Crippen molar-refractivity contribution in [1.29, 1.82) is 0 Å². The quantitative estimate of drug-likeness (QED) is 0.346. The van der Waals surface area contributed by atoms with Crippen LogP contribution in [0.5, 0.6) is 0 Å². The number of hydrogen-bond acceptors (Lipinski definition) is 4. The second kappa shape index (κ2) is 8.03. The van der Waals surface area contributed by atoms with E-state index >= 15 is 0 Å². The average Bonchev–Trinajstić information content (AvgIpc) is 2.49. The van der Waals surface area contributed by atoms with Crippen molar-refractivity contribution in [3.63, 3.8) is 0 Å². The number of hydrogen-bond donors (Lipinski definition) is 0. The van der Waals surface area contributed by atoms with Crippen LogP contribution in [0.4, 0.5) is 13.2 Å². The smallest absolute Gasteiger partial charge is 0.416 e. The minimum atomic E-state index is -4.49. The number of carbonyl (C=O) groups is 2. The summed E-state index contributed by atoms with van der Waals surface area (Å²) in [5.74, 6) is -0.588. The van der Waals surface area contributed by atoms with E-state index in [2.05, 4.69) is 4.74 Å². The van der Waals surface area contributed by atoms with Gasteiger partial charge in [-0.05, 0) is 29.5 Å². The lowest BCUT2D eigenvalue weighted by molar-refractivity contribution is -0.138. The topological polar surface area (TPSA) is 43.4 Å². The first-order chi connectivity index (χ1) is 10.3. The summed E-state index contributed by atoms with van der Waals surface area (Å²) in [6, 6.07) is 4.40. The summed E-state index contributed by atoms with van der Waals surface area (Å²) in [5.41, 5.74) is -0.992. The Morgan fingerprint density at radius 2 is 2.00 bits per heavy atom. The number of carbonyl (C=O) groups excluding carboxylic acids is 2. The Morgan fingerprint density at radius 3 is 2.55 bits per heavy atom. The van der Waals surface area contributed by atoms with Gasteiger partial charge < -0.3 is 4.74 Å². The Bertz CT molecular complexity index is 580. The molecule has 0 unspecified atom stereocenters. The molecule has 0 saturated carbocycles. The van der Waals surface area contributed by atoms with E-state index in [4.69, 9.17) is 0 Å². The molecule has 0 heterocycles. The number of alkyl halides is 3. The summed E-state index contributed by atoms with van der Waals surface area (Å²) < 4.78 is 42.5. The number of benzene rings is 1. The Hall–Kier alpha value is -1.76. The van der Waals surface area contributed by atoms with Crippen LogP contribution in [0.25, 0.3) is 6.08 Å². The van der Waals surface area contributed by atoms with Gasteiger partial charge in [0, 0.05) is 0 Å². The highest BCUT2D eigenvalue weighted by atomic mass is 32.2. The van der Waals surface area contributed by atoms with E-state index in [9.17, 15) is 22.8 Å². The monoisotopic (exact) mass is 332 g/mol. The van der Waals surface area contributed by atoms with Gasteiger partial charge in [0.25, 0.3) is 0 Å². The van der Waals surface area contributed by atoms with Crippen molar-refractivity contribution in [3.05, 3.63) is 41.0 Å². The van der Waals surface area contributed by atoms with Crippen LogP contribution < -0.4 is 0 Å². The van der Waals surface area contributed by atoms with E-state index < -0.39 is 23.5 Å². The zero-order chi connectivity index (χ0) is 16.8. The van der Waals surface area contributed by atoms with Gasteiger partial charge >= 0.3 is 12.1 Å². The molecule has 0 bridgehead atoms. The lowest BCUT2D eigenvalue weighted by Crippen LogP contribution is -2.16. The third-order valence-electron chi connectivity index (χ3n) is 2.67. The summed E-state index contributed by atoms with van der Waals surface area (Å²) >= 11 is 1.31. The molecule has 120 valence electrons. The number of methoxy groups -OCH3 is 1. The zero-order valence-electron chi connectivity index (χ0n) is 12.1. The Labute approximate surface area is 130 Å². The van der Waals surface area contributed by atoms with Crippen LogP contribution in [0, 0.1) is 0 Å². The van der Waals surface area contributed by atoms with Crippen molar-refractivity contribution in [3.8, 4) is 0 Å². The summed E-state index contributed by atoms with van der Waals surface area (Å²) in [5, 5.41) is 0. The first-order valence-electron chi connectivity index (χ1n) is 6.37. The van der Waals surface area contributed by atoms with Crippen molar-refractivity contribution in [1.82, 2.24) is 0 Å². The number of thioether (sulfide) groups is 1. The number of esters is 1. The predicted molar refractivity (Wildman–Crippen MR) is 79.4 cm³/mol. The minimum absolute atomic E-state index is 0.0659. The molecule has 1 aromatic carbocycles. The van der Waals surface area contributed by atoms with Crippen molar-refractivity contribution < 1.29 is 27.5 Å². The summed E-state index contributed by atoms with van der Waals surface area (Å²) in [6.07, 6.45) is -3.36. The molecule has 0 aromatic heterocycles. The number of Topliss-reactive ketones (excluding diaryl/α,β-unsaturated/α-hetero) is 1. The maximum Gasteiger partial charge on any atom is 0.416 e. The van der Waals surface area contributed by atoms with Gasteiger partial charge in [-0.25, -0.2) is 4.79 Å². The number of halogens is 3. The number of ketones is 1. The molecule has 0 saturated heterocycles. The lowest BCUT2D eigenvalue weighted by Gasteiger charge is -2.08. The van der Waals surface area contributed by atoms with Crippen molar-refractivity contribution >= 4 is 29.6 Å². The molecule has 0 aliphatic carbocycles. The highest BCUT2D eigenvalue weighted by Gasteiger charge is 2.30. The van der Waals surface area contributed by atoms with Gasteiger partial charge in [0.15, 0.2) is 5.78 Å². The molecule has 0 aliphatic heterocycles. The Kier molecular flexibility index (Phi) is 6.67. The van der Waals surface area contributed by atoms with Crippen LogP contribution in [-0.4, -0.2) is 30.4 Å². The van der Waals surface area contributed by atoms with Gasteiger partial charge in [0.1, 0.15) is 5.57 Å². The van der Waals surface area contributed by atoms with Crippen molar-refractivity contribution in [2.75, 3.05) is 18.6 Å². The molecule has 22 heavy (non-hydrogen) atoms. The van der Waals surface area contributed by atoms with Crippen molar-refractivity contribution in [2.24, 2.45) is 0 Å². The van der Waals surface area contributed by atoms with Crippen LogP contribution in [0.2, 0.25) is 0 Å². The molecule has 1 rings (SSSR count). The SMILES string of the molecule is CCSCC(=O)C(=Cc1cccc(C(F)(F)F)c1)C(=O)OC. The van der Waals surface area contributed by atoms with E-state index in [-0.39, 0.29) is 16.9 Å². The normalized spacial score (nSPS) is 12.1. The van der Waals surface area contributed by atoms with E-state index in [0.29, 0.717) is 5.75 Å². The van der Waals surface area contributed by atoms with Crippen LogP contribution in [0.3, 0.4) is 0 Å². The number of ether oxygens (including phenoxy) is 1. The molecule has 7 heteroatoms. The van der Waals surface area contributed by atoms with Gasteiger partial charge in [-0.2, -0.15) is 24.9 Å². The maximum absolute atomic E-state index is 12.7. The first kappa shape index (κ1) is 18.3. The average molecular weight is 332 g/mol. The molecular weight excluding hydrogens is 317 g/mol. The van der Waals surface area contributed by atoms with Gasteiger partial charge in [0.05, 0.1) is 18.4 Å². The molecule has 0 amide bonds. The fraction of sp³-hybridized carbons (Fsp3) is 0.333. The molecule has 0 fully saturated rings. The first-order valence-corrected chi connectivity index (χ1v) is 7.53. The van der Waals surface area contributed by atoms with E-state index in [1.807, 2.05) is 6.92 Å². The van der Waals surface area contributed by atoms with Crippen LogP contribution in [-0.2, 0) is 20.5 Å². The lowest BCUT2D eigenvalue weighted by atomic mass is 10.1. The van der Waals surface area contributed by atoms with Gasteiger partial charge in [-0.3, -0.25) is 4.79 Å². The predicted octanol–water partition coefficient (Wildman–Crippen LogP) is 3.58. The van der Waals surface area contributed by atoms with Gasteiger partial charge in [-0.1, -0.05) is 19.1 Å². The minimum Gasteiger partial charge on any atom is -0.465 e. The summed E-state index contributed by atoms with van der Waals surface area (Å²) in [4.78, 5) is 23.6. The van der Waals surface area contributed by atoms with Gasteiger partial charge in [0.2, 0.25) is 0 Å². The Balaban J connectivity index is 3.17. The molecule has 3 nitrogen and oxygen atoms in total. The fourth-order valence-corrected chi connectivity index (χ4v) is 2.15. The molecule has 0 N–H and O–H groups in total. The van der Waals surface area contributed by atoms with Gasteiger partial charge in [-0.15, -0.1) is 0 Å².